The van der Waals surface area contributed by atoms with Gasteiger partial charge in [-0.2, -0.15) is 5.10 Å². The highest BCUT2D eigenvalue weighted by molar-refractivity contribution is 9.10. The van der Waals surface area contributed by atoms with Gasteiger partial charge in [0.25, 0.3) is 0 Å². The Morgan fingerprint density at radius 1 is 1.09 bits per heavy atom. The molecule has 9 heteroatoms. The molecule has 0 saturated heterocycles. The number of hydrazone groups is 1. The molecule has 4 rings (SSSR count). The minimum atomic E-state index is -0.471. The second-order valence-corrected chi connectivity index (χ2v) is 8.70. The number of methoxy groups -OCH3 is 1. The summed E-state index contributed by atoms with van der Waals surface area (Å²) in [5, 5.41) is 4.83. The lowest BCUT2D eigenvalue weighted by atomic mass is 10.2. The Balaban J connectivity index is 1.44. The van der Waals surface area contributed by atoms with Gasteiger partial charge >= 0.3 is 5.91 Å². The van der Waals surface area contributed by atoms with Gasteiger partial charge in [-0.25, -0.2) is 9.82 Å². The number of carbonyl (C=O) groups is 1. The summed E-state index contributed by atoms with van der Waals surface area (Å²) in [5.74, 6) is 0.366. The van der Waals surface area contributed by atoms with Gasteiger partial charge in [-0.15, -0.1) is 0 Å². The number of nitrogens with one attached hydrogen (secondary N) is 1. The van der Waals surface area contributed by atoms with Gasteiger partial charge < -0.3 is 13.9 Å². The third kappa shape index (κ3) is 5.61. The Bertz CT molecular complexity index is 1340. The molecule has 0 bridgehead atoms. The molecule has 1 amide bonds. The molecule has 0 unspecified atom stereocenters. The van der Waals surface area contributed by atoms with Crippen molar-refractivity contribution in [1.82, 2.24) is 5.43 Å². The lowest BCUT2D eigenvalue weighted by Gasteiger charge is -2.12. The first-order chi connectivity index (χ1) is 15.9. The molecule has 0 spiro atoms. The molecule has 1 heterocycles. The number of hydrogen-bond donors (Lipinski definition) is 1. The Kier molecular flexibility index (Phi) is 7.10. The molecule has 3 aromatic carbocycles. The molecule has 6 nitrogen and oxygen atoms in total. The summed E-state index contributed by atoms with van der Waals surface area (Å²) in [7, 11) is 1.52. The zero-order valence-corrected chi connectivity index (χ0v) is 20.4. The maximum absolute atomic E-state index is 13.1. The highest BCUT2D eigenvalue weighted by atomic mass is 79.9. The van der Waals surface area contributed by atoms with Crippen LogP contribution in [0.25, 0.3) is 11.0 Å². The molecular weight excluding hydrogens is 559 g/mol. The number of carbonyl (C=O) groups excluding carboxylic acids is 1. The fourth-order valence-corrected chi connectivity index (χ4v) is 3.81. The van der Waals surface area contributed by atoms with Crippen LogP contribution in [-0.4, -0.2) is 19.2 Å². The van der Waals surface area contributed by atoms with Gasteiger partial charge in [-0.3, -0.25) is 4.79 Å². The van der Waals surface area contributed by atoms with Crippen molar-refractivity contribution in [2.45, 2.75) is 6.61 Å². The lowest BCUT2D eigenvalue weighted by Crippen LogP contribution is -2.16. The third-order valence-electron chi connectivity index (χ3n) is 4.66. The van der Waals surface area contributed by atoms with Crippen LogP contribution >= 0.6 is 31.9 Å². The van der Waals surface area contributed by atoms with Crippen molar-refractivity contribution >= 4 is 55.0 Å². The van der Waals surface area contributed by atoms with Crippen LogP contribution in [-0.2, 0) is 6.61 Å². The van der Waals surface area contributed by atoms with Crippen LogP contribution in [0.5, 0.6) is 11.5 Å². The zero-order valence-electron chi connectivity index (χ0n) is 17.3. The Hall–Kier alpha value is -3.17. The van der Waals surface area contributed by atoms with E-state index in [1.807, 2.05) is 12.1 Å². The van der Waals surface area contributed by atoms with Crippen molar-refractivity contribution < 1.29 is 23.1 Å². The summed E-state index contributed by atoms with van der Waals surface area (Å²) in [6.07, 6.45) is 1.48. The Labute approximate surface area is 205 Å². The molecule has 0 radical (unpaired) electrons. The fraction of sp³-hybridized carbons (Fsp3) is 0.0833. The molecule has 0 aliphatic heterocycles. The number of fused-ring (bicyclic) bond motifs is 1. The predicted octanol–water partition coefficient (Wildman–Crippen LogP) is 6.45. The van der Waals surface area contributed by atoms with Crippen LogP contribution in [0.3, 0.4) is 0 Å². The summed E-state index contributed by atoms with van der Waals surface area (Å²) in [4.78, 5) is 12.4. The molecule has 168 valence electrons. The highest BCUT2D eigenvalue weighted by Gasteiger charge is 2.13. The summed E-state index contributed by atoms with van der Waals surface area (Å²) in [6.45, 7) is 0.251. The standard InChI is InChI=1S/C24H17Br2FN2O4/c1-31-21-10-16(19(26)11-22(21)32-13-14-2-5-18(27)6-3-14)12-28-29-24(30)23-9-15-8-17(25)4-7-20(15)33-23/h2-12H,13H2,1H3,(H,29,30)/b28-12+. The second-order valence-electron chi connectivity index (χ2n) is 6.93. The molecule has 0 atom stereocenters. The third-order valence-corrected chi connectivity index (χ3v) is 5.84. The van der Waals surface area contributed by atoms with Crippen molar-refractivity contribution in [1.29, 1.82) is 0 Å². The van der Waals surface area contributed by atoms with E-state index in [1.54, 1.807) is 36.4 Å². The number of halogens is 3. The molecule has 0 aliphatic carbocycles. The number of amides is 1. The lowest BCUT2D eigenvalue weighted by molar-refractivity contribution is 0.0929. The van der Waals surface area contributed by atoms with Crippen LogP contribution in [0.1, 0.15) is 21.7 Å². The van der Waals surface area contributed by atoms with E-state index in [1.165, 1.54) is 25.5 Å². The van der Waals surface area contributed by atoms with Gasteiger partial charge in [0.2, 0.25) is 0 Å². The van der Waals surface area contributed by atoms with E-state index in [-0.39, 0.29) is 18.2 Å². The molecule has 33 heavy (non-hydrogen) atoms. The number of furan rings is 1. The molecule has 0 fully saturated rings. The van der Waals surface area contributed by atoms with Crippen LogP contribution in [0.4, 0.5) is 4.39 Å². The van der Waals surface area contributed by atoms with Gasteiger partial charge in [-0.1, -0.05) is 28.1 Å². The Morgan fingerprint density at radius 2 is 1.88 bits per heavy atom. The summed E-state index contributed by atoms with van der Waals surface area (Å²) in [5.41, 5.74) is 4.54. The maximum atomic E-state index is 13.1. The van der Waals surface area contributed by atoms with Crippen LogP contribution in [0, 0.1) is 5.82 Å². The van der Waals surface area contributed by atoms with Crippen molar-refractivity contribution in [3.05, 3.63) is 92.3 Å². The van der Waals surface area contributed by atoms with E-state index in [0.29, 0.717) is 27.1 Å². The minimum Gasteiger partial charge on any atom is -0.493 e. The number of benzene rings is 3. The van der Waals surface area contributed by atoms with Crippen molar-refractivity contribution in [2.75, 3.05) is 7.11 Å². The fourth-order valence-electron chi connectivity index (χ4n) is 3.01. The average Bonchev–Trinajstić information content (AvgIpc) is 3.23. The smallest absolute Gasteiger partial charge is 0.307 e. The zero-order chi connectivity index (χ0) is 23.4. The van der Waals surface area contributed by atoms with E-state index in [0.717, 1.165) is 15.4 Å². The first-order valence-corrected chi connectivity index (χ1v) is 11.3. The normalized spacial score (nSPS) is 11.2. The number of rotatable bonds is 7. The van der Waals surface area contributed by atoms with Gasteiger partial charge in [0.15, 0.2) is 17.3 Å². The van der Waals surface area contributed by atoms with E-state index in [9.17, 15) is 9.18 Å². The van der Waals surface area contributed by atoms with E-state index >= 15 is 0 Å². The largest absolute Gasteiger partial charge is 0.493 e. The predicted molar refractivity (Wildman–Crippen MR) is 130 cm³/mol. The van der Waals surface area contributed by atoms with Crippen LogP contribution in [0.15, 0.2) is 79.1 Å². The molecular formula is C24H17Br2FN2O4. The monoisotopic (exact) mass is 574 g/mol. The van der Waals surface area contributed by atoms with Gasteiger partial charge in [0, 0.05) is 19.9 Å². The second kappa shape index (κ2) is 10.2. The SMILES string of the molecule is COc1cc(/C=N/NC(=O)c2cc3cc(Br)ccc3o2)c(Br)cc1OCc1ccc(F)cc1. The molecule has 1 aromatic heterocycles. The van der Waals surface area contributed by atoms with Crippen LogP contribution < -0.4 is 14.9 Å². The van der Waals surface area contributed by atoms with Crippen molar-refractivity contribution in [3.63, 3.8) is 0 Å². The molecule has 0 aliphatic rings. The maximum Gasteiger partial charge on any atom is 0.307 e. The summed E-state index contributed by atoms with van der Waals surface area (Å²) >= 11 is 6.87. The first kappa shape index (κ1) is 23.0. The highest BCUT2D eigenvalue weighted by Crippen LogP contribution is 2.33. The van der Waals surface area contributed by atoms with Gasteiger partial charge in [-0.05, 0) is 70.0 Å². The van der Waals surface area contributed by atoms with E-state index in [2.05, 4.69) is 42.4 Å². The number of nitrogens with zero attached hydrogens (tertiary/aromatic N) is 1. The van der Waals surface area contributed by atoms with Gasteiger partial charge in [0.1, 0.15) is 18.0 Å². The first-order valence-electron chi connectivity index (χ1n) is 9.70. The molecule has 1 N–H and O–H groups in total. The quantitative estimate of drug-likeness (QED) is 0.203. The van der Waals surface area contributed by atoms with Crippen LogP contribution in [0.2, 0.25) is 0 Å². The molecule has 0 saturated carbocycles. The topological polar surface area (TPSA) is 73.1 Å². The minimum absolute atomic E-state index is 0.154. The number of hydrogen-bond acceptors (Lipinski definition) is 5. The van der Waals surface area contributed by atoms with Crippen molar-refractivity contribution in [3.8, 4) is 11.5 Å². The van der Waals surface area contributed by atoms with Crippen molar-refractivity contribution in [2.24, 2.45) is 5.10 Å². The molecule has 4 aromatic rings. The van der Waals surface area contributed by atoms with Gasteiger partial charge in [0.05, 0.1) is 13.3 Å². The average molecular weight is 576 g/mol. The summed E-state index contributed by atoms with van der Waals surface area (Å²) < 4.78 is 31.4. The summed E-state index contributed by atoms with van der Waals surface area (Å²) in [6, 6.07) is 16.7. The number of ether oxygens (including phenoxy) is 2. The van der Waals surface area contributed by atoms with E-state index in [4.69, 9.17) is 13.9 Å². The Morgan fingerprint density at radius 3 is 2.64 bits per heavy atom. The van der Waals surface area contributed by atoms with E-state index < -0.39 is 5.91 Å².